The zero-order valence-electron chi connectivity index (χ0n) is 30.9. The number of ether oxygens (including phenoxy) is 1. The Morgan fingerprint density at radius 2 is 0.891 bits per heavy atom. The van der Waals surface area contributed by atoms with Gasteiger partial charge in [0.1, 0.15) is 5.78 Å². The maximum Gasteiger partial charge on any atom is 0.307 e. The average Bonchev–Trinajstić information content (AvgIpc) is 3.04. The van der Waals surface area contributed by atoms with Gasteiger partial charge >= 0.3 is 5.97 Å². The summed E-state index contributed by atoms with van der Waals surface area (Å²) in [4.78, 5) is 25.3. The van der Waals surface area contributed by atoms with Crippen LogP contribution in [0.5, 0.6) is 0 Å². The van der Waals surface area contributed by atoms with Crippen molar-refractivity contribution >= 4 is 11.8 Å². The maximum atomic E-state index is 13.0. The topological polar surface area (TPSA) is 110 Å². The third-order valence-electron chi connectivity index (χ3n) is 9.82. The highest BCUT2D eigenvalue weighted by atomic mass is 16.6. The minimum atomic E-state index is -1.06. The van der Waals surface area contributed by atoms with E-state index in [4.69, 9.17) is 10.5 Å². The third kappa shape index (κ3) is 27.0. The Balaban J connectivity index is 3.89. The number of Topliss-reactive ketones (excluding diaryl/α,β-unsaturated/α-hetero) is 1. The van der Waals surface area contributed by atoms with Gasteiger partial charge in [-0.1, -0.05) is 194 Å². The number of ketones is 1. The molecule has 0 heterocycles. The molecule has 0 amide bonds. The summed E-state index contributed by atoms with van der Waals surface area (Å²) < 4.78 is 5.36. The molecule has 0 saturated heterocycles. The summed E-state index contributed by atoms with van der Waals surface area (Å²) >= 11 is 0. The van der Waals surface area contributed by atoms with Gasteiger partial charge < -0.3 is 14.9 Å². The molecule has 0 bridgehead atoms. The number of unbranched alkanes of at least 4 members (excludes halogenated alkanes) is 26. The molecule has 274 valence electrons. The minimum absolute atomic E-state index is 0.304. The Hall–Kier alpha value is -0.980. The van der Waals surface area contributed by atoms with Gasteiger partial charge in [-0.2, -0.15) is 0 Å². The van der Waals surface area contributed by atoms with Crippen LogP contribution in [0.15, 0.2) is 0 Å². The second-order valence-corrected chi connectivity index (χ2v) is 14.2. The number of rotatable bonds is 36. The van der Waals surface area contributed by atoms with E-state index < -0.39 is 30.8 Å². The number of carbonyl (C=O) groups is 2. The van der Waals surface area contributed by atoms with Crippen LogP contribution in [0.1, 0.15) is 213 Å². The van der Waals surface area contributed by atoms with Gasteiger partial charge in [-0.15, -0.1) is 0 Å². The van der Waals surface area contributed by atoms with E-state index in [2.05, 4.69) is 13.8 Å². The lowest BCUT2D eigenvalue weighted by Gasteiger charge is -2.26. The van der Waals surface area contributed by atoms with E-state index in [1.165, 1.54) is 141 Å². The highest BCUT2D eigenvalue weighted by Crippen LogP contribution is 2.21. The van der Waals surface area contributed by atoms with E-state index in [1.807, 2.05) is 0 Å². The van der Waals surface area contributed by atoms with Crippen LogP contribution in [0.3, 0.4) is 0 Å². The number of aliphatic hydroxyl groups is 2. The third-order valence-corrected chi connectivity index (χ3v) is 9.82. The fourth-order valence-electron chi connectivity index (χ4n) is 6.43. The Kier molecular flexibility index (Phi) is 33.2. The largest absolute Gasteiger partial charge is 0.446 e. The quantitative estimate of drug-likeness (QED) is 0.0352. The van der Waals surface area contributed by atoms with Crippen molar-refractivity contribution in [3.05, 3.63) is 0 Å². The lowest BCUT2D eigenvalue weighted by atomic mass is 9.87. The molecule has 0 radical (unpaired) electrons. The summed E-state index contributed by atoms with van der Waals surface area (Å²) in [5.74, 6) is -2.39. The standard InChI is InChI=1S/C40H79NO5/c1-4-6-8-10-12-14-16-18-19-21-23-25-27-29-31-33-38(44)46-40(41)35(3)39(45)36(34-42)37(43)32-30-28-26-24-22-20-17-15-13-11-9-7-5-2/h35-37,40,42-43H,4-34,41H2,1-3H3. The lowest BCUT2D eigenvalue weighted by Crippen LogP contribution is -2.43. The first-order valence-corrected chi connectivity index (χ1v) is 20.2. The van der Waals surface area contributed by atoms with Crippen molar-refractivity contribution in [3.63, 3.8) is 0 Å². The predicted octanol–water partition coefficient (Wildman–Crippen LogP) is 10.7. The molecule has 0 rings (SSSR count). The van der Waals surface area contributed by atoms with Crippen LogP contribution >= 0.6 is 0 Å². The fraction of sp³-hybridized carbons (Fsp3) is 0.950. The zero-order chi connectivity index (χ0) is 34.1. The van der Waals surface area contributed by atoms with Crippen LogP contribution in [-0.4, -0.2) is 40.9 Å². The van der Waals surface area contributed by atoms with Gasteiger partial charge in [-0.3, -0.25) is 15.3 Å². The Labute approximate surface area is 285 Å². The monoisotopic (exact) mass is 654 g/mol. The fourth-order valence-corrected chi connectivity index (χ4v) is 6.43. The number of aliphatic hydroxyl groups excluding tert-OH is 2. The molecule has 0 saturated carbocycles. The van der Waals surface area contributed by atoms with Crippen LogP contribution in [0.2, 0.25) is 0 Å². The average molecular weight is 654 g/mol. The number of carbonyl (C=O) groups excluding carboxylic acids is 2. The molecule has 6 nitrogen and oxygen atoms in total. The van der Waals surface area contributed by atoms with Gasteiger partial charge in [0.2, 0.25) is 0 Å². The highest BCUT2D eigenvalue weighted by molar-refractivity contribution is 5.84. The van der Waals surface area contributed by atoms with E-state index in [0.29, 0.717) is 12.8 Å². The van der Waals surface area contributed by atoms with Crippen molar-refractivity contribution in [3.8, 4) is 0 Å². The van der Waals surface area contributed by atoms with Crippen LogP contribution in [0.25, 0.3) is 0 Å². The van der Waals surface area contributed by atoms with Crippen molar-refractivity contribution in [2.24, 2.45) is 17.6 Å². The first kappa shape index (κ1) is 45.0. The van der Waals surface area contributed by atoms with Crippen molar-refractivity contribution < 1.29 is 24.5 Å². The summed E-state index contributed by atoms with van der Waals surface area (Å²) in [5.41, 5.74) is 6.07. The smallest absolute Gasteiger partial charge is 0.307 e. The molecule has 0 aromatic rings. The van der Waals surface area contributed by atoms with Gasteiger partial charge in [0.05, 0.1) is 24.5 Å². The van der Waals surface area contributed by atoms with Crippen molar-refractivity contribution in [2.45, 2.75) is 226 Å². The summed E-state index contributed by atoms with van der Waals surface area (Å²) in [6, 6.07) is 0. The maximum absolute atomic E-state index is 13.0. The second-order valence-electron chi connectivity index (χ2n) is 14.2. The van der Waals surface area contributed by atoms with E-state index in [-0.39, 0.29) is 11.8 Å². The second kappa shape index (κ2) is 33.9. The van der Waals surface area contributed by atoms with Crippen molar-refractivity contribution in [2.75, 3.05) is 6.61 Å². The SMILES string of the molecule is CCCCCCCCCCCCCCCCCC(=O)OC(N)C(C)C(=O)C(CO)C(O)CCCCCCCCCCCCCCC. The van der Waals surface area contributed by atoms with Gasteiger partial charge in [0.15, 0.2) is 6.23 Å². The molecule has 4 N–H and O–H groups in total. The molecule has 0 aliphatic heterocycles. The molecule has 4 atom stereocenters. The Bertz CT molecular complexity index is 672. The highest BCUT2D eigenvalue weighted by Gasteiger charge is 2.33. The predicted molar refractivity (Wildman–Crippen MR) is 195 cm³/mol. The molecule has 0 aromatic heterocycles. The van der Waals surface area contributed by atoms with Gasteiger partial charge in [-0.25, -0.2) is 0 Å². The zero-order valence-corrected chi connectivity index (χ0v) is 30.9. The van der Waals surface area contributed by atoms with Gasteiger partial charge in [0, 0.05) is 6.42 Å². The first-order valence-electron chi connectivity index (χ1n) is 20.2. The van der Waals surface area contributed by atoms with E-state index in [1.54, 1.807) is 6.92 Å². The number of esters is 1. The van der Waals surface area contributed by atoms with E-state index in [0.717, 1.165) is 38.5 Å². The molecular formula is C40H79NO5. The molecule has 4 unspecified atom stereocenters. The summed E-state index contributed by atoms with van der Waals surface area (Å²) in [7, 11) is 0. The Morgan fingerprint density at radius 3 is 1.24 bits per heavy atom. The summed E-state index contributed by atoms with van der Waals surface area (Å²) in [5, 5.41) is 20.5. The van der Waals surface area contributed by atoms with Crippen LogP contribution in [0.4, 0.5) is 0 Å². The summed E-state index contributed by atoms with van der Waals surface area (Å²) in [6.07, 6.45) is 34.1. The molecule has 6 heteroatoms. The van der Waals surface area contributed by atoms with Crippen molar-refractivity contribution in [1.82, 2.24) is 0 Å². The molecule has 0 fully saturated rings. The summed E-state index contributed by atoms with van der Waals surface area (Å²) in [6.45, 7) is 5.71. The minimum Gasteiger partial charge on any atom is -0.446 e. The van der Waals surface area contributed by atoms with Crippen molar-refractivity contribution in [1.29, 1.82) is 0 Å². The lowest BCUT2D eigenvalue weighted by molar-refractivity contribution is -0.154. The molecule has 0 spiro atoms. The van der Waals surface area contributed by atoms with E-state index in [9.17, 15) is 19.8 Å². The molecule has 0 aromatic carbocycles. The van der Waals surface area contributed by atoms with Gasteiger partial charge in [-0.05, 0) is 12.8 Å². The Morgan fingerprint density at radius 1 is 0.565 bits per heavy atom. The van der Waals surface area contributed by atoms with E-state index >= 15 is 0 Å². The molecule has 0 aliphatic rings. The number of nitrogens with two attached hydrogens (primary N) is 1. The number of hydrogen-bond acceptors (Lipinski definition) is 6. The molecule has 46 heavy (non-hydrogen) atoms. The molecular weight excluding hydrogens is 574 g/mol. The van der Waals surface area contributed by atoms with Gasteiger partial charge in [0.25, 0.3) is 0 Å². The van der Waals surface area contributed by atoms with Crippen LogP contribution in [0, 0.1) is 11.8 Å². The van der Waals surface area contributed by atoms with Crippen LogP contribution in [-0.2, 0) is 14.3 Å². The molecule has 0 aliphatic carbocycles. The van der Waals surface area contributed by atoms with Crippen LogP contribution < -0.4 is 5.73 Å². The first-order chi connectivity index (χ1) is 22.4. The number of hydrogen-bond donors (Lipinski definition) is 3. The normalized spacial score (nSPS) is 14.2.